The van der Waals surface area contributed by atoms with E-state index < -0.39 is 0 Å². The Morgan fingerprint density at radius 1 is 1.19 bits per heavy atom. The molecule has 0 radical (unpaired) electrons. The van der Waals surface area contributed by atoms with E-state index in [1.807, 2.05) is 30.3 Å². The Morgan fingerprint density at radius 3 is 2.78 bits per heavy atom. The molecule has 27 heavy (non-hydrogen) atoms. The minimum absolute atomic E-state index is 0.0966. The van der Waals surface area contributed by atoms with Gasteiger partial charge in [-0.1, -0.05) is 23.7 Å². The van der Waals surface area contributed by atoms with Crippen LogP contribution in [0.3, 0.4) is 0 Å². The van der Waals surface area contributed by atoms with E-state index in [1.165, 1.54) is 0 Å². The van der Waals surface area contributed by atoms with Gasteiger partial charge in [0.05, 0.1) is 17.9 Å². The van der Waals surface area contributed by atoms with E-state index in [4.69, 9.17) is 20.8 Å². The number of carbonyl (C=O) groups excluding carboxylic acids is 1. The summed E-state index contributed by atoms with van der Waals surface area (Å²) in [6.45, 7) is 1.27. The molecule has 1 aliphatic rings. The first-order chi connectivity index (χ1) is 13.2. The number of carbonyl (C=O) groups is 1. The van der Waals surface area contributed by atoms with Gasteiger partial charge in [-0.3, -0.25) is 4.79 Å². The van der Waals surface area contributed by atoms with Crippen molar-refractivity contribution in [1.29, 1.82) is 0 Å². The fourth-order valence-electron chi connectivity index (χ4n) is 3.12. The summed E-state index contributed by atoms with van der Waals surface area (Å²) in [5.74, 6) is 0.867. The Labute approximate surface area is 162 Å². The number of hydrogen-bond acceptors (Lipinski definition) is 4. The lowest BCUT2D eigenvalue weighted by atomic mass is 10.1. The average molecular weight is 383 g/mol. The lowest BCUT2D eigenvalue weighted by Gasteiger charge is -2.12. The van der Waals surface area contributed by atoms with E-state index in [2.05, 4.69) is 10.3 Å². The molecule has 1 unspecified atom stereocenters. The number of aromatic nitrogens is 1. The molecule has 1 N–H and O–H groups in total. The van der Waals surface area contributed by atoms with Crippen LogP contribution in [0.15, 0.2) is 59.1 Å². The maximum atomic E-state index is 12.7. The third-order valence-corrected chi connectivity index (χ3v) is 4.80. The number of rotatable bonds is 5. The van der Waals surface area contributed by atoms with Crippen molar-refractivity contribution in [3.8, 4) is 22.8 Å². The molecule has 4 rings (SSSR count). The standard InChI is InChI=1S/C21H19ClN2O3/c22-15-9-7-14(8-10-15)19-13-24-21(27-19)18-6-2-1-5-17(18)20(25)23-12-16-4-3-11-26-16/h1-2,5-10,13,16H,3-4,11-12H2,(H,23,25). The SMILES string of the molecule is O=C(NCC1CCCO1)c1ccccc1-c1ncc(-c2ccc(Cl)cc2)o1. The fourth-order valence-corrected chi connectivity index (χ4v) is 3.25. The Hall–Kier alpha value is -2.63. The highest BCUT2D eigenvalue weighted by Crippen LogP contribution is 2.29. The van der Waals surface area contributed by atoms with E-state index in [0.29, 0.717) is 34.3 Å². The first-order valence-corrected chi connectivity index (χ1v) is 9.29. The van der Waals surface area contributed by atoms with Crippen molar-refractivity contribution in [2.24, 2.45) is 0 Å². The van der Waals surface area contributed by atoms with Crippen molar-refractivity contribution in [3.63, 3.8) is 0 Å². The van der Waals surface area contributed by atoms with Crippen LogP contribution in [-0.4, -0.2) is 30.1 Å². The predicted octanol–water partition coefficient (Wildman–Crippen LogP) is 4.57. The van der Waals surface area contributed by atoms with Crippen molar-refractivity contribution in [2.45, 2.75) is 18.9 Å². The van der Waals surface area contributed by atoms with E-state index in [9.17, 15) is 4.79 Å². The highest BCUT2D eigenvalue weighted by atomic mass is 35.5. The van der Waals surface area contributed by atoms with Crippen LogP contribution >= 0.6 is 11.6 Å². The maximum Gasteiger partial charge on any atom is 0.252 e. The van der Waals surface area contributed by atoms with Crippen molar-refractivity contribution in [2.75, 3.05) is 13.2 Å². The second-order valence-corrected chi connectivity index (χ2v) is 6.86. The summed E-state index contributed by atoms with van der Waals surface area (Å²) in [5, 5.41) is 3.61. The lowest BCUT2D eigenvalue weighted by Crippen LogP contribution is -2.32. The van der Waals surface area contributed by atoms with Crippen molar-refractivity contribution in [1.82, 2.24) is 10.3 Å². The molecule has 2 aromatic carbocycles. The Balaban J connectivity index is 1.55. The molecule has 0 saturated carbocycles. The molecule has 1 aliphatic heterocycles. The van der Waals surface area contributed by atoms with Crippen LogP contribution in [0.25, 0.3) is 22.8 Å². The number of ether oxygens (including phenoxy) is 1. The number of oxazole rings is 1. The molecule has 1 aromatic heterocycles. The normalized spacial score (nSPS) is 16.4. The molecule has 3 aromatic rings. The van der Waals surface area contributed by atoms with E-state index in [0.717, 1.165) is 25.0 Å². The topological polar surface area (TPSA) is 64.4 Å². The van der Waals surface area contributed by atoms with Gasteiger partial charge in [0.1, 0.15) is 0 Å². The monoisotopic (exact) mass is 382 g/mol. The molecule has 0 spiro atoms. The van der Waals surface area contributed by atoms with Crippen LogP contribution in [0.4, 0.5) is 0 Å². The van der Waals surface area contributed by atoms with Crippen molar-refractivity contribution < 1.29 is 13.9 Å². The third-order valence-electron chi connectivity index (χ3n) is 4.55. The molecule has 2 heterocycles. The summed E-state index contributed by atoms with van der Waals surface area (Å²) in [7, 11) is 0. The Kier molecular flexibility index (Phi) is 5.23. The van der Waals surface area contributed by atoms with Crippen molar-refractivity contribution in [3.05, 3.63) is 65.3 Å². The molecule has 0 bridgehead atoms. The molecule has 6 heteroatoms. The number of nitrogens with one attached hydrogen (secondary N) is 1. The third kappa shape index (κ3) is 4.04. The van der Waals surface area contributed by atoms with Gasteiger partial charge in [-0.15, -0.1) is 0 Å². The second kappa shape index (κ2) is 7.94. The van der Waals surface area contributed by atoms with Crippen LogP contribution in [0.1, 0.15) is 23.2 Å². The van der Waals surface area contributed by atoms with Gasteiger partial charge in [0.15, 0.2) is 5.76 Å². The average Bonchev–Trinajstić information content (AvgIpc) is 3.39. The van der Waals surface area contributed by atoms with Gasteiger partial charge in [0, 0.05) is 29.3 Å². The molecule has 1 fully saturated rings. The molecular formula is C21H19ClN2O3. The van der Waals surface area contributed by atoms with Crippen LogP contribution < -0.4 is 5.32 Å². The maximum absolute atomic E-state index is 12.7. The largest absolute Gasteiger partial charge is 0.436 e. The van der Waals surface area contributed by atoms with E-state index in [-0.39, 0.29) is 12.0 Å². The summed E-state index contributed by atoms with van der Waals surface area (Å²) in [6, 6.07) is 14.6. The number of halogens is 1. The predicted molar refractivity (Wildman–Crippen MR) is 104 cm³/mol. The van der Waals surface area contributed by atoms with Crippen LogP contribution in [0.5, 0.6) is 0 Å². The zero-order valence-corrected chi connectivity index (χ0v) is 15.4. The van der Waals surface area contributed by atoms with E-state index >= 15 is 0 Å². The molecule has 1 atom stereocenters. The van der Waals surface area contributed by atoms with Crippen molar-refractivity contribution >= 4 is 17.5 Å². The lowest BCUT2D eigenvalue weighted by molar-refractivity contribution is 0.0858. The highest BCUT2D eigenvalue weighted by Gasteiger charge is 2.20. The van der Waals surface area contributed by atoms with Gasteiger partial charge in [-0.05, 0) is 49.2 Å². The number of nitrogens with zero attached hydrogens (tertiary/aromatic N) is 1. The number of hydrogen-bond donors (Lipinski definition) is 1. The van der Waals surface area contributed by atoms with Gasteiger partial charge < -0.3 is 14.5 Å². The molecule has 1 amide bonds. The summed E-state index contributed by atoms with van der Waals surface area (Å²) < 4.78 is 11.5. The van der Waals surface area contributed by atoms with E-state index in [1.54, 1.807) is 24.4 Å². The zero-order chi connectivity index (χ0) is 18.6. The molecular weight excluding hydrogens is 364 g/mol. The number of amides is 1. The van der Waals surface area contributed by atoms with Gasteiger partial charge in [0.2, 0.25) is 5.89 Å². The first-order valence-electron chi connectivity index (χ1n) is 8.91. The Bertz CT molecular complexity index is 931. The minimum atomic E-state index is -0.160. The quantitative estimate of drug-likeness (QED) is 0.702. The van der Waals surface area contributed by atoms with Crippen LogP contribution in [-0.2, 0) is 4.74 Å². The zero-order valence-electron chi connectivity index (χ0n) is 14.7. The highest BCUT2D eigenvalue weighted by molar-refractivity contribution is 6.30. The Morgan fingerprint density at radius 2 is 2.00 bits per heavy atom. The summed E-state index contributed by atoms with van der Waals surface area (Å²) >= 11 is 5.93. The first kappa shape index (κ1) is 17.8. The fraction of sp³-hybridized carbons (Fsp3) is 0.238. The number of benzene rings is 2. The smallest absolute Gasteiger partial charge is 0.252 e. The van der Waals surface area contributed by atoms with Crippen LogP contribution in [0, 0.1) is 0 Å². The minimum Gasteiger partial charge on any atom is -0.436 e. The van der Waals surface area contributed by atoms with Gasteiger partial charge in [-0.25, -0.2) is 4.98 Å². The summed E-state index contributed by atoms with van der Waals surface area (Å²) in [6.07, 6.45) is 3.77. The van der Waals surface area contributed by atoms with Gasteiger partial charge in [0.25, 0.3) is 5.91 Å². The molecule has 5 nitrogen and oxygen atoms in total. The molecule has 1 saturated heterocycles. The molecule has 0 aliphatic carbocycles. The van der Waals surface area contributed by atoms with Gasteiger partial charge >= 0.3 is 0 Å². The summed E-state index contributed by atoms with van der Waals surface area (Å²) in [4.78, 5) is 17.0. The summed E-state index contributed by atoms with van der Waals surface area (Å²) in [5.41, 5.74) is 2.06. The van der Waals surface area contributed by atoms with Crippen LogP contribution in [0.2, 0.25) is 5.02 Å². The molecule has 138 valence electrons. The second-order valence-electron chi connectivity index (χ2n) is 6.43. The van der Waals surface area contributed by atoms with Gasteiger partial charge in [-0.2, -0.15) is 0 Å².